The number of esters is 2. The molecule has 0 N–H and O–H groups in total. The molecule has 2 aliphatic rings. The average molecular weight is 507 g/mol. The van der Waals surface area contributed by atoms with Crippen molar-refractivity contribution < 1.29 is 33.3 Å². The van der Waals surface area contributed by atoms with E-state index in [4.69, 9.17) is 23.9 Å². The van der Waals surface area contributed by atoms with Crippen LogP contribution in [0.15, 0.2) is 29.1 Å². The minimum Gasteiger partial charge on any atom is -0.458 e. The van der Waals surface area contributed by atoms with Crippen molar-refractivity contribution in [1.29, 1.82) is 0 Å². The van der Waals surface area contributed by atoms with Crippen molar-refractivity contribution in [2.45, 2.75) is 65.9 Å². The Kier molecular flexibility index (Phi) is 5.77. The molecule has 0 unspecified atom stereocenters. The van der Waals surface area contributed by atoms with Gasteiger partial charge in [-0.05, 0) is 57.0 Å². The molecule has 0 saturated carbocycles. The number of nitrogens with zero attached hydrogens (tertiary/aromatic N) is 2. The Morgan fingerprint density at radius 3 is 2.59 bits per heavy atom. The first kappa shape index (κ1) is 24.5. The highest BCUT2D eigenvalue weighted by molar-refractivity contribution is 5.90. The molecule has 5 rings (SSSR count). The van der Waals surface area contributed by atoms with Crippen LogP contribution in [0.3, 0.4) is 0 Å². The molecule has 0 saturated heterocycles. The fraction of sp³-hybridized carbons (Fsp3) is 0.370. The zero-order valence-electron chi connectivity index (χ0n) is 21.2. The van der Waals surface area contributed by atoms with Gasteiger partial charge in [-0.15, -0.1) is 0 Å². The van der Waals surface area contributed by atoms with Crippen LogP contribution in [0.25, 0.3) is 22.3 Å². The Morgan fingerprint density at radius 1 is 1.16 bits per heavy atom. The third-order valence-electron chi connectivity index (χ3n) is 6.25. The molecule has 37 heavy (non-hydrogen) atoms. The largest absolute Gasteiger partial charge is 0.514 e. The number of carbonyl (C=O) groups is 3. The Morgan fingerprint density at radius 2 is 1.92 bits per heavy atom. The first-order chi connectivity index (χ1) is 17.5. The molecule has 0 bridgehead atoms. The van der Waals surface area contributed by atoms with E-state index in [-0.39, 0.29) is 24.3 Å². The van der Waals surface area contributed by atoms with Crippen LogP contribution in [0.2, 0.25) is 0 Å². The SMILES string of the molecule is CCc1c2c(nc3ccc(OC(=O)OC(C)(C)C)cc13)-c1cc3c(c(=O)n1C2)COC(=O)[C@H]3OC(C)=O. The second kappa shape index (κ2) is 8.72. The predicted molar refractivity (Wildman–Crippen MR) is 131 cm³/mol. The van der Waals surface area contributed by atoms with Gasteiger partial charge in [-0.25, -0.2) is 14.6 Å². The van der Waals surface area contributed by atoms with E-state index in [0.29, 0.717) is 34.6 Å². The lowest BCUT2D eigenvalue weighted by molar-refractivity contribution is -0.170. The maximum atomic E-state index is 13.4. The quantitative estimate of drug-likeness (QED) is 0.231. The number of fused-ring (bicyclic) bond motifs is 5. The van der Waals surface area contributed by atoms with Crippen LogP contribution in [0.1, 0.15) is 63.0 Å². The molecule has 4 heterocycles. The number of pyridine rings is 2. The summed E-state index contributed by atoms with van der Waals surface area (Å²) < 4.78 is 22.5. The summed E-state index contributed by atoms with van der Waals surface area (Å²) in [6.45, 7) is 8.55. The minimum atomic E-state index is -1.30. The van der Waals surface area contributed by atoms with Crippen LogP contribution < -0.4 is 10.3 Å². The van der Waals surface area contributed by atoms with E-state index < -0.39 is 29.8 Å². The smallest absolute Gasteiger partial charge is 0.458 e. The first-order valence-electron chi connectivity index (χ1n) is 11.9. The minimum absolute atomic E-state index is 0.192. The van der Waals surface area contributed by atoms with Crippen molar-refractivity contribution in [1.82, 2.24) is 9.55 Å². The lowest BCUT2D eigenvalue weighted by Crippen LogP contribution is -2.34. The highest BCUT2D eigenvalue weighted by atomic mass is 16.7. The van der Waals surface area contributed by atoms with Crippen molar-refractivity contribution in [2.24, 2.45) is 0 Å². The topological polar surface area (TPSA) is 123 Å². The molecule has 10 heteroatoms. The van der Waals surface area contributed by atoms with Gasteiger partial charge < -0.3 is 23.5 Å². The van der Waals surface area contributed by atoms with Gasteiger partial charge in [-0.2, -0.15) is 0 Å². The number of hydrogen-bond donors (Lipinski definition) is 0. The number of hydrogen-bond acceptors (Lipinski definition) is 9. The van der Waals surface area contributed by atoms with E-state index in [1.165, 1.54) is 6.92 Å². The van der Waals surface area contributed by atoms with Crippen molar-refractivity contribution in [3.05, 3.63) is 56.9 Å². The predicted octanol–water partition coefficient (Wildman–Crippen LogP) is 3.96. The monoisotopic (exact) mass is 506 g/mol. The molecule has 2 aromatic heterocycles. The molecule has 0 spiro atoms. The molecule has 2 aliphatic heterocycles. The molecule has 0 radical (unpaired) electrons. The van der Waals surface area contributed by atoms with E-state index in [0.717, 1.165) is 16.5 Å². The summed E-state index contributed by atoms with van der Waals surface area (Å²) in [5.74, 6) is -1.05. The van der Waals surface area contributed by atoms with E-state index in [2.05, 4.69) is 0 Å². The van der Waals surface area contributed by atoms with Gasteiger partial charge in [0, 0.05) is 23.4 Å². The van der Waals surface area contributed by atoms with Gasteiger partial charge in [0.25, 0.3) is 5.56 Å². The number of cyclic esters (lactones) is 1. The van der Waals surface area contributed by atoms with Gasteiger partial charge in [0.2, 0.25) is 6.10 Å². The van der Waals surface area contributed by atoms with Crippen LogP contribution in [-0.4, -0.2) is 33.2 Å². The van der Waals surface area contributed by atoms with E-state index in [1.54, 1.807) is 49.6 Å². The second-order valence-electron chi connectivity index (χ2n) is 9.97. The zero-order valence-corrected chi connectivity index (χ0v) is 21.2. The fourth-order valence-corrected chi connectivity index (χ4v) is 4.79. The van der Waals surface area contributed by atoms with Gasteiger partial charge in [0.05, 0.1) is 29.0 Å². The highest BCUT2D eigenvalue weighted by Crippen LogP contribution is 2.39. The second-order valence-corrected chi connectivity index (χ2v) is 9.97. The van der Waals surface area contributed by atoms with E-state index in [1.807, 2.05) is 6.92 Å². The molecule has 192 valence electrons. The van der Waals surface area contributed by atoms with Crippen molar-refractivity contribution in [3.8, 4) is 17.1 Å². The number of benzene rings is 1. The molecular formula is C27H26N2O8. The lowest BCUT2D eigenvalue weighted by Gasteiger charge is -2.24. The highest BCUT2D eigenvalue weighted by Gasteiger charge is 2.37. The number of ether oxygens (including phenoxy) is 4. The number of rotatable bonds is 3. The van der Waals surface area contributed by atoms with Gasteiger partial charge >= 0.3 is 18.1 Å². The Labute approximate surface area is 212 Å². The molecular weight excluding hydrogens is 480 g/mol. The van der Waals surface area contributed by atoms with Crippen molar-refractivity contribution in [2.75, 3.05) is 0 Å². The van der Waals surface area contributed by atoms with E-state index >= 15 is 0 Å². The lowest BCUT2D eigenvalue weighted by atomic mass is 9.97. The Hall–Kier alpha value is -4.21. The molecule has 0 aliphatic carbocycles. The molecule has 10 nitrogen and oxygen atoms in total. The summed E-state index contributed by atoms with van der Waals surface area (Å²) in [4.78, 5) is 54.4. The summed E-state index contributed by atoms with van der Waals surface area (Å²) in [5.41, 5.74) is 3.21. The maximum absolute atomic E-state index is 13.4. The van der Waals surface area contributed by atoms with Crippen LogP contribution >= 0.6 is 0 Å². The number of aromatic nitrogens is 2. The summed E-state index contributed by atoms with van der Waals surface area (Å²) in [6.07, 6.45) is -1.47. The number of aryl methyl sites for hydroxylation is 1. The van der Waals surface area contributed by atoms with Gasteiger partial charge in [-0.1, -0.05) is 6.92 Å². The van der Waals surface area contributed by atoms with E-state index in [9.17, 15) is 19.2 Å². The summed E-state index contributed by atoms with van der Waals surface area (Å²) >= 11 is 0. The Bertz CT molecular complexity index is 1550. The van der Waals surface area contributed by atoms with Crippen LogP contribution in [0, 0.1) is 0 Å². The zero-order chi connectivity index (χ0) is 26.6. The molecule has 1 aromatic carbocycles. The third kappa shape index (κ3) is 4.32. The van der Waals surface area contributed by atoms with Gasteiger partial charge in [-0.3, -0.25) is 9.59 Å². The first-order valence-corrected chi connectivity index (χ1v) is 11.9. The standard InChI is InChI=1S/C27H26N2O8/c1-6-15-16-9-14(36-26(33)37-27(3,4)5)7-8-20(16)28-22-18(15)11-29-21(22)10-17-19(24(29)31)12-34-25(32)23(17)35-13(2)30/h7-10,23H,6,11-12H2,1-5H3/t23-/m0/s1. The average Bonchev–Trinajstić information content (AvgIpc) is 3.16. The van der Waals surface area contributed by atoms with Crippen molar-refractivity contribution in [3.63, 3.8) is 0 Å². The van der Waals surface area contributed by atoms with Gasteiger partial charge in [0.15, 0.2) is 0 Å². The maximum Gasteiger partial charge on any atom is 0.514 e. The van der Waals surface area contributed by atoms with Crippen LogP contribution in [0.5, 0.6) is 5.75 Å². The molecule has 1 atom stereocenters. The normalized spacial score (nSPS) is 15.9. The third-order valence-corrected chi connectivity index (χ3v) is 6.25. The Balaban J connectivity index is 1.61. The molecule has 0 fully saturated rings. The molecule has 3 aromatic rings. The summed E-state index contributed by atoms with van der Waals surface area (Å²) in [5, 5.41) is 0.796. The van der Waals surface area contributed by atoms with Gasteiger partial charge in [0.1, 0.15) is 18.0 Å². The van der Waals surface area contributed by atoms with Crippen LogP contribution in [0.4, 0.5) is 4.79 Å². The molecule has 0 amide bonds. The fourth-order valence-electron chi connectivity index (χ4n) is 4.79. The summed E-state index contributed by atoms with van der Waals surface area (Å²) in [6, 6.07) is 6.81. The number of carbonyl (C=O) groups excluding carboxylic acids is 3. The van der Waals surface area contributed by atoms with Crippen molar-refractivity contribution >= 4 is 29.0 Å². The van der Waals surface area contributed by atoms with Crippen LogP contribution in [-0.2, 0) is 43.4 Å². The summed E-state index contributed by atoms with van der Waals surface area (Å²) in [7, 11) is 0.